The summed E-state index contributed by atoms with van der Waals surface area (Å²) in [6, 6.07) is 4.83. The number of hydrogen-bond acceptors (Lipinski definition) is 2. The molecule has 0 aliphatic rings. The number of fused-ring (bicyclic) bond motifs is 1. The molecule has 3 nitrogen and oxygen atoms in total. The Hall–Kier alpha value is -1.29. The van der Waals surface area contributed by atoms with Crippen molar-refractivity contribution in [3.63, 3.8) is 0 Å². The Morgan fingerprint density at radius 1 is 1.46 bits per heavy atom. The minimum atomic E-state index is -0.941. The van der Waals surface area contributed by atoms with Crippen molar-refractivity contribution in [3.8, 4) is 0 Å². The first kappa shape index (κ1) is 8.31. The third kappa shape index (κ3) is 1.33. The van der Waals surface area contributed by atoms with Gasteiger partial charge in [-0.05, 0) is 34.1 Å². The fraction of sp³-hybridized carbons (Fsp3) is 0. The van der Waals surface area contributed by atoms with E-state index in [9.17, 15) is 4.79 Å². The average Bonchev–Trinajstić information content (AvgIpc) is 2.51. The Balaban J connectivity index is 2.77. The molecule has 2 aromatic rings. The van der Waals surface area contributed by atoms with E-state index in [1.54, 1.807) is 12.1 Å². The van der Waals surface area contributed by atoms with Gasteiger partial charge in [-0.1, -0.05) is 0 Å². The molecule has 1 aromatic carbocycles. The van der Waals surface area contributed by atoms with Gasteiger partial charge in [0.1, 0.15) is 5.58 Å². The number of carbonyl (C=O) groups is 1. The fourth-order valence-electron chi connectivity index (χ4n) is 1.16. The minimum Gasteiger partial charge on any atom is -0.478 e. The lowest BCUT2D eigenvalue weighted by molar-refractivity contribution is 0.0697. The lowest BCUT2D eigenvalue weighted by Gasteiger charge is -1.96. The Morgan fingerprint density at radius 3 is 2.92 bits per heavy atom. The SMILES string of the molecule is O=C(O)c1cc(Br)c2occc2c1. The van der Waals surface area contributed by atoms with Crippen LogP contribution in [0.15, 0.2) is 33.4 Å². The lowest BCUT2D eigenvalue weighted by atomic mass is 10.2. The topological polar surface area (TPSA) is 50.4 Å². The van der Waals surface area contributed by atoms with E-state index in [-0.39, 0.29) is 5.56 Å². The van der Waals surface area contributed by atoms with E-state index in [4.69, 9.17) is 9.52 Å². The number of carboxylic acids is 1. The van der Waals surface area contributed by atoms with Crippen molar-refractivity contribution in [2.45, 2.75) is 0 Å². The summed E-state index contributed by atoms with van der Waals surface area (Å²) >= 11 is 3.24. The second-order valence-electron chi connectivity index (χ2n) is 2.60. The first-order valence-corrected chi connectivity index (χ1v) is 4.38. The molecule has 0 radical (unpaired) electrons. The summed E-state index contributed by atoms with van der Waals surface area (Å²) in [7, 11) is 0. The van der Waals surface area contributed by atoms with Gasteiger partial charge in [0.25, 0.3) is 0 Å². The summed E-state index contributed by atoms with van der Waals surface area (Å²) in [4.78, 5) is 10.7. The third-order valence-corrected chi connectivity index (χ3v) is 2.34. The quantitative estimate of drug-likeness (QED) is 0.834. The van der Waals surface area contributed by atoms with Gasteiger partial charge in [0, 0.05) is 5.39 Å². The molecule has 1 aromatic heterocycles. The highest BCUT2D eigenvalue weighted by Gasteiger charge is 2.08. The van der Waals surface area contributed by atoms with Crippen molar-refractivity contribution in [1.29, 1.82) is 0 Å². The predicted octanol–water partition coefficient (Wildman–Crippen LogP) is 2.89. The van der Waals surface area contributed by atoms with E-state index < -0.39 is 5.97 Å². The summed E-state index contributed by atoms with van der Waals surface area (Å²) in [6.45, 7) is 0. The molecule has 0 aliphatic carbocycles. The van der Waals surface area contributed by atoms with Crippen LogP contribution in [0.3, 0.4) is 0 Å². The van der Waals surface area contributed by atoms with Crippen LogP contribution in [0.1, 0.15) is 10.4 Å². The van der Waals surface area contributed by atoms with E-state index >= 15 is 0 Å². The van der Waals surface area contributed by atoms with Crippen LogP contribution in [0, 0.1) is 0 Å². The van der Waals surface area contributed by atoms with Crippen molar-refractivity contribution < 1.29 is 14.3 Å². The van der Waals surface area contributed by atoms with Gasteiger partial charge in [-0.3, -0.25) is 0 Å². The van der Waals surface area contributed by atoms with Crippen LogP contribution < -0.4 is 0 Å². The molecule has 4 heteroatoms. The van der Waals surface area contributed by atoms with Crippen molar-refractivity contribution in [3.05, 3.63) is 34.5 Å². The summed E-state index contributed by atoms with van der Waals surface area (Å²) in [5.74, 6) is -0.941. The second-order valence-corrected chi connectivity index (χ2v) is 3.46. The molecule has 1 heterocycles. The molecular formula is C9H5BrO3. The van der Waals surface area contributed by atoms with Crippen LogP contribution in [-0.2, 0) is 0 Å². The first-order valence-electron chi connectivity index (χ1n) is 3.58. The molecule has 0 atom stereocenters. The number of rotatable bonds is 1. The zero-order chi connectivity index (χ0) is 9.42. The van der Waals surface area contributed by atoms with Gasteiger partial charge in [-0.25, -0.2) is 4.79 Å². The molecular weight excluding hydrogens is 236 g/mol. The van der Waals surface area contributed by atoms with Crippen LogP contribution in [-0.4, -0.2) is 11.1 Å². The summed E-state index contributed by atoms with van der Waals surface area (Å²) in [6.07, 6.45) is 1.53. The molecule has 0 spiro atoms. The normalized spacial score (nSPS) is 10.5. The van der Waals surface area contributed by atoms with Crippen molar-refractivity contribution in [1.82, 2.24) is 0 Å². The molecule has 0 bridgehead atoms. The lowest BCUT2D eigenvalue weighted by Crippen LogP contribution is -1.95. The molecule has 0 aliphatic heterocycles. The first-order chi connectivity index (χ1) is 6.18. The molecule has 0 amide bonds. The van der Waals surface area contributed by atoms with E-state index in [2.05, 4.69) is 15.9 Å². The van der Waals surface area contributed by atoms with Gasteiger partial charge >= 0.3 is 5.97 Å². The second kappa shape index (κ2) is 2.88. The minimum absolute atomic E-state index is 0.251. The number of aromatic carboxylic acids is 1. The molecule has 0 unspecified atom stereocenters. The van der Waals surface area contributed by atoms with Gasteiger partial charge in [-0.15, -0.1) is 0 Å². The van der Waals surface area contributed by atoms with Gasteiger partial charge < -0.3 is 9.52 Å². The molecule has 13 heavy (non-hydrogen) atoms. The van der Waals surface area contributed by atoms with E-state index in [1.165, 1.54) is 12.3 Å². The van der Waals surface area contributed by atoms with Crippen molar-refractivity contribution in [2.24, 2.45) is 0 Å². The fourth-order valence-corrected chi connectivity index (χ4v) is 1.73. The Morgan fingerprint density at radius 2 is 2.23 bits per heavy atom. The molecule has 0 saturated heterocycles. The number of furan rings is 1. The maximum Gasteiger partial charge on any atom is 0.335 e. The molecule has 2 rings (SSSR count). The molecule has 66 valence electrons. The van der Waals surface area contributed by atoms with Crippen LogP contribution in [0.5, 0.6) is 0 Å². The monoisotopic (exact) mass is 240 g/mol. The molecule has 0 saturated carbocycles. The molecule has 1 N–H and O–H groups in total. The summed E-state index contributed by atoms with van der Waals surface area (Å²) in [5.41, 5.74) is 0.922. The highest BCUT2D eigenvalue weighted by Crippen LogP contribution is 2.26. The van der Waals surface area contributed by atoms with E-state index in [0.717, 1.165) is 5.39 Å². The Bertz CT molecular complexity index is 473. The Labute approximate surface area is 82.1 Å². The number of carboxylic acid groups (broad SMARTS) is 1. The smallest absolute Gasteiger partial charge is 0.335 e. The molecule has 0 fully saturated rings. The van der Waals surface area contributed by atoms with Gasteiger partial charge in [0.15, 0.2) is 0 Å². The van der Waals surface area contributed by atoms with Crippen LogP contribution >= 0.6 is 15.9 Å². The maximum atomic E-state index is 10.7. The van der Waals surface area contributed by atoms with Crippen LogP contribution in [0.2, 0.25) is 0 Å². The highest BCUT2D eigenvalue weighted by molar-refractivity contribution is 9.10. The zero-order valence-electron chi connectivity index (χ0n) is 6.45. The largest absolute Gasteiger partial charge is 0.478 e. The standard InChI is InChI=1S/C9H5BrO3/c10-7-4-6(9(11)12)3-5-1-2-13-8(5)7/h1-4H,(H,11,12). The van der Waals surface area contributed by atoms with Gasteiger partial charge in [-0.2, -0.15) is 0 Å². The Kier molecular flexibility index (Phi) is 1.84. The third-order valence-electron chi connectivity index (χ3n) is 1.75. The van der Waals surface area contributed by atoms with Crippen LogP contribution in [0.25, 0.3) is 11.0 Å². The van der Waals surface area contributed by atoms with Crippen LogP contribution in [0.4, 0.5) is 0 Å². The average molecular weight is 241 g/mol. The van der Waals surface area contributed by atoms with Crippen molar-refractivity contribution >= 4 is 32.9 Å². The zero-order valence-corrected chi connectivity index (χ0v) is 8.04. The summed E-state index contributed by atoms with van der Waals surface area (Å²) in [5, 5.41) is 9.54. The van der Waals surface area contributed by atoms with E-state index in [0.29, 0.717) is 10.1 Å². The van der Waals surface area contributed by atoms with Gasteiger partial charge in [0.2, 0.25) is 0 Å². The summed E-state index contributed by atoms with van der Waals surface area (Å²) < 4.78 is 5.80. The number of benzene rings is 1. The van der Waals surface area contributed by atoms with Gasteiger partial charge in [0.05, 0.1) is 16.3 Å². The number of hydrogen-bond donors (Lipinski definition) is 1. The van der Waals surface area contributed by atoms with E-state index in [1.807, 2.05) is 0 Å². The predicted molar refractivity (Wildman–Crippen MR) is 50.9 cm³/mol. The van der Waals surface area contributed by atoms with Crippen molar-refractivity contribution in [2.75, 3.05) is 0 Å². The maximum absolute atomic E-state index is 10.7. The highest BCUT2D eigenvalue weighted by atomic mass is 79.9. The number of halogens is 1.